The van der Waals surface area contributed by atoms with Gasteiger partial charge in [0.05, 0.1) is 0 Å². The van der Waals surface area contributed by atoms with Crippen molar-refractivity contribution in [3.63, 3.8) is 0 Å². The maximum Gasteiger partial charge on any atom is 0.0334 e. The zero-order chi connectivity index (χ0) is 12.1. The molecule has 0 aromatic heterocycles. The topological polar surface area (TPSA) is 24.1 Å². The molecule has 16 heavy (non-hydrogen) atoms. The zero-order valence-corrected chi connectivity index (χ0v) is 11.1. The molecule has 0 saturated carbocycles. The molecule has 2 nitrogen and oxygen atoms in total. The Morgan fingerprint density at radius 1 is 1.06 bits per heavy atom. The number of nitrogens with one attached hydrogen (secondary N) is 2. The molecule has 0 aliphatic carbocycles. The molecule has 1 unspecified atom stereocenters. The van der Waals surface area contributed by atoms with Gasteiger partial charge in [-0.2, -0.15) is 0 Å². The monoisotopic (exact) mass is 220 g/mol. The molecule has 0 aliphatic heterocycles. The van der Waals surface area contributed by atoms with Gasteiger partial charge in [-0.1, -0.05) is 17.7 Å². The van der Waals surface area contributed by atoms with E-state index in [2.05, 4.69) is 43.5 Å². The van der Waals surface area contributed by atoms with Crippen molar-refractivity contribution >= 4 is 0 Å². The van der Waals surface area contributed by atoms with E-state index >= 15 is 0 Å². The van der Waals surface area contributed by atoms with Crippen LogP contribution in [0.4, 0.5) is 0 Å². The quantitative estimate of drug-likeness (QED) is 0.796. The molecule has 1 aromatic carbocycles. The molecule has 0 heterocycles. The van der Waals surface area contributed by atoms with Crippen LogP contribution >= 0.6 is 0 Å². The SMILES string of the molecule is CNCCC(NC)c1c(C)cc(C)cc1C. The maximum absolute atomic E-state index is 3.41. The molecule has 0 spiro atoms. The van der Waals surface area contributed by atoms with Crippen LogP contribution in [0, 0.1) is 20.8 Å². The van der Waals surface area contributed by atoms with Crippen molar-refractivity contribution in [2.24, 2.45) is 0 Å². The molecule has 0 aliphatic rings. The Morgan fingerprint density at radius 3 is 2.06 bits per heavy atom. The highest BCUT2D eigenvalue weighted by Crippen LogP contribution is 2.25. The van der Waals surface area contributed by atoms with Crippen molar-refractivity contribution in [1.82, 2.24) is 10.6 Å². The van der Waals surface area contributed by atoms with Crippen molar-refractivity contribution < 1.29 is 0 Å². The van der Waals surface area contributed by atoms with E-state index in [1.165, 1.54) is 22.3 Å². The van der Waals surface area contributed by atoms with Gasteiger partial charge in [-0.05, 0) is 64.5 Å². The van der Waals surface area contributed by atoms with Crippen LogP contribution in [0.15, 0.2) is 12.1 Å². The van der Waals surface area contributed by atoms with Gasteiger partial charge in [0.2, 0.25) is 0 Å². The molecule has 90 valence electrons. The third kappa shape index (κ3) is 3.06. The number of hydrogen-bond donors (Lipinski definition) is 2. The van der Waals surface area contributed by atoms with Crippen molar-refractivity contribution in [2.75, 3.05) is 20.6 Å². The molecule has 0 saturated heterocycles. The minimum absolute atomic E-state index is 0.452. The summed E-state index contributed by atoms with van der Waals surface area (Å²) in [6.07, 6.45) is 1.12. The fourth-order valence-corrected chi connectivity index (χ4v) is 2.46. The Balaban J connectivity index is 2.99. The molecular formula is C14H24N2. The highest BCUT2D eigenvalue weighted by Gasteiger charge is 2.13. The van der Waals surface area contributed by atoms with E-state index in [1.807, 2.05) is 14.1 Å². The number of hydrogen-bond acceptors (Lipinski definition) is 2. The second-order valence-electron chi connectivity index (χ2n) is 4.55. The normalized spacial score (nSPS) is 12.8. The molecule has 1 atom stereocenters. The average Bonchev–Trinajstić information content (AvgIpc) is 2.21. The maximum atomic E-state index is 3.41. The van der Waals surface area contributed by atoms with E-state index in [0.29, 0.717) is 6.04 Å². The molecule has 2 heteroatoms. The summed E-state index contributed by atoms with van der Waals surface area (Å²) in [7, 11) is 4.04. The third-order valence-corrected chi connectivity index (χ3v) is 3.12. The van der Waals surface area contributed by atoms with Crippen LogP contribution in [0.1, 0.15) is 34.7 Å². The van der Waals surface area contributed by atoms with Crippen molar-refractivity contribution in [2.45, 2.75) is 33.2 Å². The first-order chi connectivity index (χ1) is 7.60. The lowest BCUT2D eigenvalue weighted by molar-refractivity contribution is 0.529. The summed E-state index contributed by atoms with van der Waals surface area (Å²) < 4.78 is 0. The summed E-state index contributed by atoms with van der Waals surface area (Å²) in [5.41, 5.74) is 5.60. The van der Waals surface area contributed by atoms with Gasteiger partial charge in [-0.15, -0.1) is 0 Å². The van der Waals surface area contributed by atoms with Crippen LogP contribution in [0.3, 0.4) is 0 Å². The lowest BCUT2D eigenvalue weighted by atomic mass is 9.92. The van der Waals surface area contributed by atoms with Gasteiger partial charge < -0.3 is 10.6 Å². The summed E-state index contributed by atoms with van der Waals surface area (Å²) in [5, 5.41) is 6.63. The zero-order valence-electron chi connectivity index (χ0n) is 11.1. The molecule has 0 amide bonds. The molecule has 1 rings (SSSR count). The Labute approximate surface area is 99.5 Å². The average molecular weight is 220 g/mol. The van der Waals surface area contributed by atoms with Gasteiger partial charge in [0.1, 0.15) is 0 Å². The Kier molecular flexibility index (Phi) is 4.97. The van der Waals surface area contributed by atoms with Gasteiger partial charge in [0.15, 0.2) is 0 Å². The van der Waals surface area contributed by atoms with E-state index in [4.69, 9.17) is 0 Å². The van der Waals surface area contributed by atoms with E-state index in [9.17, 15) is 0 Å². The van der Waals surface area contributed by atoms with Crippen LogP contribution in [0.2, 0.25) is 0 Å². The number of rotatable bonds is 5. The van der Waals surface area contributed by atoms with E-state index in [-0.39, 0.29) is 0 Å². The van der Waals surface area contributed by atoms with Crippen LogP contribution in [-0.2, 0) is 0 Å². The summed E-state index contributed by atoms with van der Waals surface area (Å²) in [4.78, 5) is 0. The lowest BCUT2D eigenvalue weighted by Crippen LogP contribution is -2.23. The van der Waals surface area contributed by atoms with E-state index in [0.717, 1.165) is 13.0 Å². The van der Waals surface area contributed by atoms with Gasteiger partial charge in [-0.3, -0.25) is 0 Å². The lowest BCUT2D eigenvalue weighted by Gasteiger charge is -2.21. The van der Waals surface area contributed by atoms with Gasteiger partial charge in [0.25, 0.3) is 0 Å². The number of aryl methyl sites for hydroxylation is 3. The predicted octanol–water partition coefficient (Wildman–Crippen LogP) is 2.48. The minimum Gasteiger partial charge on any atom is -0.320 e. The second kappa shape index (κ2) is 6.02. The largest absolute Gasteiger partial charge is 0.320 e. The highest BCUT2D eigenvalue weighted by atomic mass is 14.9. The number of benzene rings is 1. The van der Waals surface area contributed by atoms with E-state index in [1.54, 1.807) is 0 Å². The fraction of sp³-hybridized carbons (Fsp3) is 0.571. The second-order valence-corrected chi connectivity index (χ2v) is 4.55. The summed E-state index contributed by atoms with van der Waals surface area (Å²) in [5.74, 6) is 0. The van der Waals surface area contributed by atoms with Crippen molar-refractivity contribution in [3.05, 3.63) is 34.4 Å². The van der Waals surface area contributed by atoms with E-state index < -0.39 is 0 Å². The van der Waals surface area contributed by atoms with Gasteiger partial charge in [0, 0.05) is 6.04 Å². The predicted molar refractivity (Wildman–Crippen MR) is 71.0 cm³/mol. The Hall–Kier alpha value is -0.860. The molecule has 0 bridgehead atoms. The van der Waals surface area contributed by atoms with Gasteiger partial charge >= 0.3 is 0 Å². The first kappa shape index (κ1) is 13.2. The first-order valence-electron chi connectivity index (χ1n) is 5.99. The fourth-order valence-electron chi connectivity index (χ4n) is 2.46. The smallest absolute Gasteiger partial charge is 0.0334 e. The molecular weight excluding hydrogens is 196 g/mol. The Morgan fingerprint density at radius 2 is 1.62 bits per heavy atom. The molecule has 1 aromatic rings. The molecule has 0 fully saturated rings. The molecule has 2 N–H and O–H groups in total. The minimum atomic E-state index is 0.452. The molecule has 0 radical (unpaired) electrons. The first-order valence-corrected chi connectivity index (χ1v) is 5.99. The summed E-state index contributed by atoms with van der Waals surface area (Å²) >= 11 is 0. The summed E-state index contributed by atoms with van der Waals surface area (Å²) in [6.45, 7) is 7.61. The Bertz CT molecular complexity index is 322. The van der Waals surface area contributed by atoms with Crippen LogP contribution in [0.25, 0.3) is 0 Å². The standard InChI is InChI=1S/C14H24N2/c1-10-8-11(2)14(12(3)9-10)13(16-5)6-7-15-4/h8-9,13,15-16H,6-7H2,1-5H3. The third-order valence-electron chi connectivity index (χ3n) is 3.12. The van der Waals surface area contributed by atoms with Crippen LogP contribution < -0.4 is 10.6 Å². The van der Waals surface area contributed by atoms with Crippen molar-refractivity contribution in [1.29, 1.82) is 0 Å². The van der Waals surface area contributed by atoms with Crippen LogP contribution in [0.5, 0.6) is 0 Å². The highest BCUT2D eigenvalue weighted by molar-refractivity contribution is 5.39. The van der Waals surface area contributed by atoms with Gasteiger partial charge in [-0.25, -0.2) is 0 Å². The van der Waals surface area contributed by atoms with Crippen LogP contribution in [-0.4, -0.2) is 20.6 Å². The van der Waals surface area contributed by atoms with Crippen molar-refractivity contribution in [3.8, 4) is 0 Å². The summed E-state index contributed by atoms with van der Waals surface area (Å²) in [6, 6.07) is 4.99.